The Labute approximate surface area is 148 Å². The van der Waals surface area contributed by atoms with Gasteiger partial charge in [0.2, 0.25) is 5.91 Å². The lowest BCUT2D eigenvalue weighted by Gasteiger charge is -2.34. The lowest BCUT2D eigenvalue weighted by atomic mass is 9.78. The number of rotatable bonds is 3. The summed E-state index contributed by atoms with van der Waals surface area (Å²) in [7, 11) is 0. The van der Waals surface area contributed by atoms with Gasteiger partial charge >= 0.3 is 0 Å². The molecule has 5 heteroatoms. The van der Waals surface area contributed by atoms with Crippen molar-refractivity contribution in [3.63, 3.8) is 0 Å². The Bertz CT molecular complexity index is 646. The highest BCUT2D eigenvalue weighted by Gasteiger charge is 2.29. The van der Waals surface area contributed by atoms with Gasteiger partial charge in [-0.3, -0.25) is 9.59 Å². The minimum atomic E-state index is -0.0252. The average molecular weight is 346 g/mol. The smallest absolute Gasteiger partial charge is 0.251 e. The molecule has 1 saturated carbocycles. The first-order chi connectivity index (χ1) is 11.5. The summed E-state index contributed by atoms with van der Waals surface area (Å²) in [5.74, 6) is 1.72. The zero-order valence-corrected chi connectivity index (χ0v) is 15.5. The van der Waals surface area contributed by atoms with Crippen molar-refractivity contribution >= 4 is 29.3 Å². The van der Waals surface area contributed by atoms with E-state index in [1.807, 2.05) is 25.1 Å². The van der Waals surface area contributed by atoms with Crippen LogP contribution in [0, 0.1) is 11.8 Å². The highest BCUT2D eigenvalue weighted by Crippen LogP contribution is 2.36. The van der Waals surface area contributed by atoms with Crippen LogP contribution in [0.1, 0.15) is 50.4 Å². The zero-order chi connectivity index (χ0) is 17.3. The summed E-state index contributed by atoms with van der Waals surface area (Å²) >= 11 is 1.55. The van der Waals surface area contributed by atoms with Crippen LogP contribution in [0.4, 0.5) is 5.69 Å². The fourth-order valence-electron chi connectivity index (χ4n) is 3.73. The van der Waals surface area contributed by atoms with Gasteiger partial charge in [-0.25, -0.2) is 0 Å². The number of amides is 2. The van der Waals surface area contributed by atoms with Gasteiger partial charge in [-0.05, 0) is 43.4 Å². The second kappa shape index (κ2) is 7.18. The molecule has 2 aliphatic rings. The van der Waals surface area contributed by atoms with Crippen LogP contribution >= 0.6 is 11.8 Å². The number of anilines is 1. The van der Waals surface area contributed by atoms with Crippen molar-refractivity contribution in [1.29, 1.82) is 0 Å². The van der Waals surface area contributed by atoms with Crippen molar-refractivity contribution < 1.29 is 9.59 Å². The molecule has 1 aromatic carbocycles. The van der Waals surface area contributed by atoms with Gasteiger partial charge in [0.25, 0.3) is 5.91 Å². The summed E-state index contributed by atoms with van der Waals surface area (Å²) in [5.41, 5.74) is 1.52. The first-order valence-electron chi connectivity index (χ1n) is 8.89. The Kier molecular flexibility index (Phi) is 5.18. The molecular weight excluding hydrogens is 320 g/mol. The Morgan fingerprint density at radius 3 is 2.88 bits per heavy atom. The minimum absolute atomic E-state index is 0.0252. The monoisotopic (exact) mass is 346 g/mol. The maximum atomic E-state index is 12.7. The van der Waals surface area contributed by atoms with Crippen LogP contribution in [0.25, 0.3) is 0 Å². The molecule has 1 aliphatic heterocycles. The maximum absolute atomic E-state index is 12.7. The van der Waals surface area contributed by atoms with Gasteiger partial charge in [-0.15, -0.1) is 11.8 Å². The molecule has 3 atom stereocenters. The summed E-state index contributed by atoms with van der Waals surface area (Å²) in [5, 5.41) is 3.22. The summed E-state index contributed by atoms with van der Waals surface area (Å²) in [6, 6.07) is 5.96. The van der Waals surface area contributed by atoms with Crippen LogP contribution in [0.5, 0.6) is 0 Å². The summed E-state index contributed by atoms with van der Waals surface area (Å²) in [4.78, 5) is 27.6. The van der Waals surface area contributed by atoms with Crippen LogP contribution in [-0.4, -0.2) is 30.2 Å². The van der Waals surface area contributed by atoms with Crippen LogP contribution in [-0.2, 0) is 4.79 Å². The van der Waals surface area contributed by atoms with Gasteiger partial charge < -0.3 is 10.2 Å². The van der Waals surface area contributed by atoms with E-state index in [9.17, 15) is 9.59 Å². The van der Waals surface area contributed by atoms with Crippen LogP contribution in [0.15, 0.2) is 23.1 Å². The number of carbonyl (C=O) groups excluding carboxylic acids is 2. The molecule has 0 radical (unpaired) electrons. The highest BCUT2D eigenvalue weighted by molar-refractivity contribution is 8.00. The molecule has 2 amide bonds. The van der Waals surface area contributed by atoms with E-state index in [4.69, 9.17) is 0 Å². The van der Waals surface area contributed by atoms with Gasteiger partial charge in [0, 0.05) is 23.0 Å². The minimum Gasteiger partial charge on any atom is -0.349 e. The SMILES string of the molecule is CCN1C(=O)CSc2ccc(C(=O)N[C@@H]3CCC[C@H](C)[C@H]3C)cc21. The van der Waals surface area contributed by atoms with Crippen molar-refractivity contribution in [2.75, 3.05) is 17.2 Å². The fourth-order valence-corrected chi connectivity index (χ4v) is 4.64. The zero-order valence-electron chi connectivity index (χ0n) is 14.7. The molecule has 4 nitrogen and oxygen atoms in total. The molecule has 130 valence electrons. The van der Waals surface area contributed by atoms with Gasteiger partial charge in [-0.1, -0.05) is 26.7 Å². The topological polar surface area (TPSA) is 49.4 Å². The number of nitrogens with zero attached hydrogens (tertiary/aromatic N) is 1. The second-order valence-electron chi connectivity index (χ2n) is 6.96. The molecule has 1 heterocycles. The Balaban J connectivity index is 1.78. The van der Waals surface area contributed by atoms with Gasteiger partial charge in [0.05, 0.1) is 11.4 Å². The fraction of sp³-hybridized carbons (Fsp3) is 0.579. The molecule has 1 aromatic rings. The standard InChI is InChI=1S/C19H26N2O2S/c1-4-21-16-10-14(8-9-17(16)24-11-18(21)22)19(23)20-15-7-5-6-12(2)13(15)3/h8-10,12-13,15H,4-7,11H2,1-3H3,(H,20,23)/t12-,13+,15+/m0/s1. The number of hydrogen-bond donors (Lipinski definition) is 1. The summed E-state index contributed by atoms with van der Waals surface area (Å²) in [6.07, 6.45) is 3.48. The third-order valence-electron chi connectivity index (χ3n) is 5.50. The van der Waals surface area contributed by atoms with Gasteiger partial charge in [0.1, 0.15) is 0 Å². The first kappa shape index (κ1) is 17.3. The molecule has 0 saturated heterocycles. The molecular formula is C19H26N2O2S. The van der Waals surface area contributed by atoms with E-state index in [0.717, 1.165) is 17.0 Å². The molecule has 1 fully saturated rings. The molecule has 0 aromatic heterocycles. The average Bonchev–Trinajstić information content (AvgIpc) is 2.58. The molecule has 24 heavy (non-hydrogen) atoms. The summed E-state index contributed by atoms with van der Waals surface area (Å²) in [6.45, 7) is 7.10. The normalized spacial score (nSPS) is 26.9. The van der Waals surface area contributed by atoms with E-state index >= 15 is 0 Å². The Hall–Kier alpha value is -1.49. The van der Waals surface area contributed by atoms with Crippen LogP contribution < -0.4 is 10.2 Å². The molecule has 1 aliphatic carbocycles. The van der Waals surface area contributed by atoms with Crippen LogP contribution in [0.3, 0.4) is 0 Å². The van der Waals surface area contributed by atoms with Gasteiger partial charge in [0.15, 0.2) is 0 Å². The number of benzene rings is 1. The summed E-state index contributed by atoms with van der Waals surface area (Å²) < 4.78 is 0. The highest BCUT2D eigenvalue weighted by atomic mass is 32.2. The lowest BCUT2D eigenvalue weighted by Crippen LogP contribution is -2.43. The van der Waals surface area contributed by atoms with E-state index in [2.05, 4.69) is 19.2 Å². The van der Waals surface area contributed by atoms with E-state index in [1.54, 1.807) is 16.7 Å². The van der Waals surface area contributed by atoms with Crippen molar-refractivity contribution in [1.82, 2.24) is 5.32 Å². The van der Waals surface area contributed by atoms with E-state index in [-0.39, 0.29) is 17.9 Å². The van der Waals surface area contributed by atoms with E-state index < -0.39 is 0 Å². The molecule has 0 spiro atoms. The van der Waals surface area contributed by atoms with Crippen molar-refractivity contribution in [2.45, 2.75) is 51.0 Å². The van der Waals surface area contributed by atoms with Crippen molar-refractivity contribution in [2.24, 2.45) is 11.8 Å². The Morgan fingerprint density at radius 2 is 2.12 bits per heavy atom. The largest absolute Gasteiger partial charge is 0.349 e. The predicted octanol–water partition coefficient (Wildman–Crippen LogP) is 3.70. The molecule has 0 bridgehead atoms. The third kappa shape index (κ3) is 3.32. The number of carbonyl (C=O) groups is 2. The van der Waals surface area contributed by atoms with E-state index in [1.165, 1.54) is 12.8 Å². The number of nitrogens with one attached hydrogen (secondary N) is 1. The quantitative estimate of drug-likeness (QED) is 0.908. The van der Waals surface area contributed by atoms with E-state index in [0.29, 0.717) is 29.7 Å². The second-order valence-corrected chi connectivity index (χ2v) is 7.97. The lowest BCUT2D eigenvalue weighted by molar-refractivity contribution is -0.116. The number of hydrogen-bond acceptors (Lipinski definition) is 3. The first-order valence-corrected chi connectivity index (χ1v) is 9.88. The number of fused-ring (bicyclic) bond motifs is 1. The predicted molar refractivity (Wildman–Crippen MR) is 98.6 cm³/mol. The number of thioether (sulfide) groups is 1. The third-order valence-corrected chi connectivity index (χ3v) is 6.55. The van der Waals surface area contributed by atoms with Crippen molar-refractivity contribution in [3.05, 3.63) is 23.8 Å². The van der Waals surface area contributed by atoms with Crippen molar-refractivity contribution in [3.8, 4) is 0 Å². The van der Waals surface area contributed by atoms with Crippen LogP contribution in [0.2, 0.25) is 0 Å². The van der Waals surface area contributed by atoms with Gasteiger partial charge in [-0.2, -0.15) is 0 Å². The Morgan fingerprint density at radius 1 is 1.33 bits per heavy atom. The maximum Gasteiger partial charge on any atom is 0.251 e. The molecule has 3 rings (SSSR count). The molecule has 0 unspecified atom stereocenters. The molecule has 1 N–H and O–H groups in total.